The van der Waals surface area contributed by atoms with Crippen LogP contribution in [0, 0.1) is 12.8 Å². The number of carbonyl (C=O) groups excluding carboxylic acids is 2. The van der Waals surface area contributed by atoms with Gasteiger partial charge in [-0.15, -0.1) is 11.3 Å². The second-order valence-electron chi connectivity index (χ2n) is 5.59. The lowest BCUT2D eigenvalue weighted by Gasteiger charge is -2.08. The molecule has 0 atom stereocenters. The Bertz CT molecular complexity index is 660. The topological polar surface area (TPSA) is 58.2 Å². The molecule has 2 rings (SSSR count). The number of rotatable bonds is 5. The molecule has 22 heavy (non-hydrogen) atoms. The van der Waals surface area contributed by atoms with Crippen LogP contribution in [0.4, 0.5) is 11.4 Å². The van der Waals surface area contributed by atoms with Crippen LogP contribution in [0.2, 0.25) is 0 Å². The molecule has 2 N–H and O–H groups in total. The van der Waals surface area contributed by atoms with Crippen LogP contribution in [0.15, 0.2) is 36.4 Å². The molecule has 0 aliphatic heterocycles. The highest BCUT2D eigenvalue weighted by molar-refractivity contribution is 7.14. The van der Waals surface area contributed by atoms with E-state index >= 15 is 0 Å². The number of hydrogen-bond acceptors (Lipinski definition) is 3. The average molecular weight is 316 g/mol. The third-order valence-electron chi connectivity index (χ3n) is 2.98. The highest BCUT2D eigenvalue weighted by Gasteiger charge is 2.09. The Morgan fingerprint density at radius 2 is 1.59 bits per heavy atom. The first-order valence-electron chi connectivity index (χ1n) is 7.22. The summed E-state index contributed by atoms with van der Waals surface area (Å²) >= 11 is 1.46. The second kappa shape index (κ2) is 7.22. The fourth-order valence-electron chi connectivity index (χ4n) is 1.97. The van der Waals surface area contributed by atoms with Gasteiger partial charge in [0.25, 0.3) is 5.91 Å². The Balaban J connectivity index is 1.94. The molecule has 0 aliphatic rings. The Morgan fingerprint density at radius 3 is 2.09 bits per heavy atom. The fourth-order valence-corrected chi connectivity index (χ4v) is 2.73. The van der Waals surface area contributed by atoms with E-state index in [1.165, 1.54) is 11.3 Å². The van der Waals surface area contributed by atoms with Crippen LogP contribution >= 0.6 is 11.3 Å². The maximum Gasteiger partial charge on any atom is 0.265 e. The maximum absolute atomic E-state index is 12.0. The van der Waals surface area contributed by atoms with Crippen molar-refractivity contribution in [3.63, 3.8) is 0 Å². The third kappa shape index (κ3) is 4.70. The van der Waals surface area contributed by atoms with Crippen LogP contribution in [0.25, 0.3) is 0 Å². The number of hydrogen-bond donors (Lipinski definition) is 2. The molecule has 2 aromatic rings. The van der Waals surface area contributed by atoms with Gasteiger partial charge >= 0.3 is 0 Å². The Kier molecular flexibility index (Phi) is 5.33. The standard InChI is InChI=1S/C17H20N2O2S/c1-11(2)10-16(20)18-13-5-7-14(8-6-13)19-17(21)15-9-4-12(3)22-15/h4-9,11H,10H2,1-3H3,(H,18,20)(H,19,21). The van der Waals surface area contributed by atoms with Gasteiger partial charge in [-0.2, -0.15) is 0 Å². The number of aryl methyl sites for hydroxylation is 1. The number of anilines is 2. The first kappa shape index (κ1) is 16.2. The van der Waals surface area contributed by atoms with Crippen LogP contribution < -0.4 is 10.6 Å². The number of nitrogens with one attached hydrogen (secondary N) is 2. The number of carbonyl (C=O) groups is 2. The minimum atomic E-state index is -0.116. The SMILES string of the molecule is Cc1ccc(C(=O)Nc2ccc(NC(=O)CC(C)C)cc2)s1. The number of thiophene rings is 1. The lowest BCUT2D eigenvalue weighted by atomic mass is 10.1. The molecule has 116 valence electrons. The molecule has 0 spiro atoms. The molecule has 0 bridgehead atoms. The molecule has 5 heteroatoms. The summed E-state index contributed by atoms with van der Waals surface area (Å²) in [5, 5.41) is 5.68. The molecule has 0 saturated heterocycles. The molecule has 0 unspecified atom stereocenters. The van der Waals surface area contributed by atoms with Gasteiger partial charge in [-0.3, -0.25) is 9.59 Å². The second-order valence-corrected chi connectivity index (χ2v) is 6.88. The van der Waals surface area contributed by atoms with Crippen molar-refractivity contribution >= 4 is 34.5 Å². The van der Waals surface area contributed by atoms with Gasteiger partial charge in [-0.1, -0.05) is 13.8 Å². The van der Waals surface area contributed by atoms with Gasteiger partial charge in [-0.05, 0) is 49.2 Å². The Hall–Kier alpha value is -2.14. The van der Waals surface area contributed by atoms with Gasteiger partial charge < -0.3 is 10.6 Å². The van der Waals surface area contributed by atoms with E-state index in [9.17, 15) is 9.59 Å². The van der Waals surface area contributed by atoms with Crippen molar-refractivity contribution in [3.8, 4) is 0 Å². The van der Waals surface area contributed by atoms with Crippen molar-refractivity contribution in [2.24, 2.45) is 5.92 Å². The summed E-state index contributed by atoms with van der Waals surface area (Å²) < 4.78 is 0. The summed E-state index contributed by atoms with van der Waals surface area (Å²) in [6.45, 7) is 5.98. The van der Waals surface area contributed by atoms with E-state index in [0.717, 1.165) is 10.6 Å². The third-order valence-corrected chi connectivity index (χ3v) is 3.98. The zero-order valence-electron chi connectivity index (χ0n) is 13.0. The average Bonchev–Trinajstić information content (AvgIpc) is 2.87. The van der Waals surface area contributed by atoms with E-state index in [2.05, 4.69) is 10.6 Å². The lowest BCUT2D eigenvalue weighted by Crippen LogP contribution is -2.14. The van der Waals surface area contributed by atoms with Crippen molar-refractivity contribution in [1.82, 2.24) is 0 Å². The fraction of sp³-hybridized carbons (Fsp3) is 0.294. The monoisotopic (exact) mass is 316 g/mol. The minimum Gasteiger partial charge on any atom is -0.326 e. The van der Waals surface area contributed by atoms with Gasteiger partial charge in [0, 0.05) is 22.7 Å². The highest BCUT2D eigenvalue weighted by Crippen LogP contribution is 2.19. The zero-order chi connectivity index (χ0) is 16.1. The van der Waals surface area contributed by atoms with Crippen molar-refractivity contribution in [3.05, 3.63) is 46.2 Å². The van der Waals surface area contributed by atoms with Gasteiger partial charge in [0.2, 0.25) is 5.91 Å². The first-order chi connectivity index (χ1) is 10.4. The van der Waals surface area contributed by atoms with Crippen LogP contribution in [-0.2, 0) is 4.79 Å². The van der Waals surface area contributed by atoms with E-state index < -0.39 is 0 Å². The van der Waals surface area contributed by atoms with Crippen LogP contribution in [-0.4, -0.2) is 11.8 Å². The smallest absolute Gasteiger partial charge is 0.265 e. The summed E-state index contributed by atoms with van der Waals surface area (Å²) in [4.78, 5) is 25.5. The molecule has 1 heterocycles. The zero-order valence-corrected chi connectivity index (χ0v) is 13.8. The summed E-state index contributed by atoms with van der Waals surface area (Å²) in [6.07, 6.45) is 0.496. The van der Waals surface area contributed by atoms with Gasteiger partial charge in [-0.25, -0.2) is 0 Å². The Morgan fingerprint density at radius 1 is 1.00 bits per heavy atom. The van der Waals surface area contributed by atoms with Crippen LogP contribution in [0.1, 0.15) is 34.8 Å². The van der Waals surface area contributed by atoms with Gasteiger partial charge in [0.05, 0.1) is 4.88 Å². The molecule has 0 fully saturated rings. The van der Waals surface area contributed by atoms with Crippen molar-refractivity contribution < 1.29 is 9.59 Å². The lowest BCUT2D eigenvalue weighted by molar-refractivity contribution is -0.116. The van der Waals surface area contributed by atoms with Crippen LogP contribution in [0.5, 0.6) is 0 Å². The summed E-state index contributed by atoms with van der Waals surface area (Å²) in [6, 6.07) is 10.9. The first-order valence-corrected chi connectivity index (χ1v) is 8.03. The molecular weight excluding hydrogens is 296 g/mol. The molecule has 0 radical (unpaired) electrons. The largest absolute Gasteiger partial charge is 0.326 e. The van der Waals surface area contributed by atoms with Crippen molar-refractivity contribution in [2.45, 2.75) is 27.2 Å². The van der Waals surface area contributed by atoms with Crippen LogP contribution in [0.3, 0.4) is 0 Å². The normalized spacial score (nSPS) is 10.5. The van der Waals surface area contributed by atoms with E-state index in [1.807, 2.05) is 32.9 Å². The quantitative estimate of drug-likeness (QED) is 0.864. The predicted octanol–water partition coefficient (Wildman–Crippen LogP) is 4.29. The predicted molar refractivity (Wildman–Crippen MR) is 91.5 cm³/mol. The molecule has 0 aliphatic carbocycles. The molecule has 1 aromatic heterocycles. The number of benzene rings is 1. The molecular formula is C17H20N2O2S. The Labute approximate surface area is 134 Å². The molecule has 4 nitrogen and oxygen atoms in total. The summed E-state index contributed by atoms with van der Waals surface area (Å²) in [5.41, 5.74) is 1.44. The highest BCUT2D eigenvalue weighted by atomic mass is 32.1. The summed E-state index contributed by atoms with van der Waals surface area (Å²) in [5.74, 6) is 0.211. The van der Waals surface area contributed by atoms with E-state index in [0.29, 0.717) is 22.9 Å². The molecule has 0 saturated carbocycles. The van der Waals surface area contributed by atoms with E-state index in [4.69, 9.17) is 0 Å². The van der Waals surface area contributed by atoms with E-state index in [1.54, 1.807) is 24.3 Å². The summed E-state index contributed by atoms with van der Waals surface area (Å²) in [7, 11) is 0. The van der Waals surface area contributed by atoms with Gasteiger partial charge in [0.15, 0.2) is 0 Å². The maximum atomic E-state index is 12.0. The minimum absolute atomic E-state index is 0.000784. The van der Waals surface area contributed by atoms with E-state index in [-0.39, 0.29) is 11.8 Å². The molecule has 2 amide bonds. The number of amides is 2. The van der Waals surface area contributed by atoms with Crippen molar-refractivity contribution in [2.75, 3.05) is 10.6 Å². The van der Waals surface area contributed by atoms with Gasteiger partial charge in [0.1, 0.15) is 0 Å². The van der Waals surface area contributed by atoms with Crippen molar-refractivity contribution in [1.29, 1.82) is 0 Å². The molecule has 1 aromatic carbocycles.